The third-order valence-corrected chi connectivity index (χ3v) is 3.63. The van der Waals surface area contributed by atoms with E-state index < -0.39 is 5.97 Å². The number of aryl methyl sites for hydroxylation is 1. The molecule has 0 unspecified atom stereocenters. The molecule has 2 aromatic rings. The number of aliphatic carboxylic acids is 1. The summed E-state index contributed by atoms with van der Waals surface area (Å²) in [7, 11) is 4.62. The molecule has 0 fully saturated rings. The summed E-state index contributed by atoms with van der Waals surface area (Å²) in [5.41, 5.74) is 1.36. The summed E-state index contributed by atoms with van der Waals surface area (Å²) >= 11 is 0. The lowest BCUT2D eigenvalue weighted by molar-refractivity contribution is -0.136. The Bertz CT molecular complexity index is 764. The van der Waals surface area contributed by atoms with Gasteiger partial charge in [-0.1, -0.05) is 0 Å². The fraction of sp³-hybridized carbons (Fsp3) is 0.294. The third-order valence-electron chi connectivity index (χ3n) is 3.63. The number of carboxylic acid groups (broad SMARTS) is 1. The fourth-order valence-corrected chi connectivity index (χ4v) is 2.39. The molecule has 24 heavy (non-hydrogen) atoms. The summed E-state index contributed by atoms with van der Waals surface area (Å²) in [6, 6.07) is 5.07. The average Bonchev–Trinajstić information content (AvgIpc) is 2.92. The smallest absolute Gasteiger partial charge is 0.311 e. The van der Waals surface area contributed by atoms with Gasteiger partial charge in [0.25, 0.3) is 5.91 Å². The van der Waals surface area contributed by atoms with E-state index >= 15 is 0 Å². The van der Waals surface area contributed by atoms with Gasteiger partial charge in [-0.05, 0) is 19.1 Å². The molecule has 0 spiro atoms. The zero-order chi connectivity index (χ0) is 17.9. The minimum atomic E-state index is -1.07. The molecule has 1 amide bonds. The number of ether oxygens (including phenoxy) is 2. The number of amides is 1. The Morgan fingerprint density at radius 1 is 1.25 bits per heavy atom. The molecule has 0 atom stereocenters. The molecular formula is C17H19NO6. The molecule has 0 radical (unpaired) electrons. The number of rotatable bonds is 6. The predicted molar refractivity (Wildman–Crippen MR) is 87.1 cm³/mol. The maximum absolute atomic E-state index is 12.8. The Hall–Kier alpha value is -2.96. The van der Waals surface area contributed by atoms with Crippen molar-refractivity contribution in [3.8, 4) is 11.5 Å². The molecule has 0 aliphatic carbocycles. The summed E-state index contributed by atoms with van der Waals surface area (Å²) in [4.78, 5) is 25.2. The first-order valence-corrected chi connectivity index (χ1v) is 7.17. The average molecular weight is 333 g/mol. The Labute approximate surface area is 139 Å². The molecule has 0 bridgehead atoms. The van der Waals surface area contributed by atoms with E-state index in [4.69, 9.17) is 19.0 Å². The second-order valence-corrected chi connectivity index (χ2v) is 5.19. The number of furan rings is 1. The maximum atomic E-state index is 12.8. The number of carbonyl (C=O) groups is 2. The van der Waals surface area contributed by atoms with Crippen LogP contribution in [0.25, 0.3) is 0 Å². The van der Waals surface area contributed by atoms with E-state index in [1.807, 2.05) is 0 Å². The second kappa shape index (κ2) is 7.08. The van der Waals surface area contributed by atoms with E-state index in [1.54, 1.807) is 32.2 Å². The van der Waals surface area contributed by atoms with Gasteiger partial charge < -0.3 is 23.9 Å². The molecule has 0 saturated carbocycles. The van der Waals surface area contributed by atoms with Gasteiger partial charge in [-0.2, -0.15) is 0 Å². The van der Waals surface area contributed by atoms with Gasteiger partial charge in [-0.15, -0.1) is 0 Å². The number of hydrogen-bond donors (Lipinski definition) is 1. The number of benzene rings is 1. The van der Waals surface area contributed by atoms with Gasteiger partial charge in [0.2, 0.25) is 0 Å². The summed E-state index contributed by atoms with van der Waals surface area (Å²) in [6.45, 7) is 1.70. The molecule has 0 aliphatic heterocycles. The first-order chi connectivity index (χ1) is 11.4. The molecule has 7 nitrogen and oxygen atoms in total. The Balaban J connectivity index is 2.40. The Morgan fingerprint density at radius 3 is 2.54 bits per heavy atom. The van der Waals surface area contributed by atoms with E-state index in [9.17, 15) is 9.59 Å². The van der Waals surface area contributed by atoms with Crippen LogP contribution >= 0.6 is 0 Å². The highest BCUT2D eigenvalue weighted by atomic mass is 16.5. The van der Waals surface area contributed by atoms with Crippen molar-refractivity contribution in [3.05, 3.63) is 41.3 Å². The zero-order valence-corrected chi connectivity index (χ0v) is 14.0. The lowest BCUT2D eigenvalue weighted by atomic mass is 10.1. The van der Waals surface area contributed by atoms with Gasteiger partial charge in [0.15, 0.2) is 0 Å². The van der Waals surface area contributed by atoms with E-state index in [-0.39, 0.29) is 23.7 Å². The molecule has 7 heteroatoms. The highest BCUT2D eigenvalue weighted by Crippen LogP contribution is 2.33. The second-order valence-electron chi connectivity index (χ2n) is 5.19. The van der Waals surface area contributed by atoms with Crippen molar-refractivity contribution < 1.29 is 28.6 Å². The van der Waals surface area contributed by atoms with Crippen molar-refractivity contribution in [2.45, 2.75) is 13.3 Å². The fourth-order valence-electron chi connectivity index (χ4n) is 2.39. The molecule has 1 heterocycles. The molecule has 1 aromatic heterocycles. The summed E-state index contributed by atoms with van der Waals surface area (Å²) in [6.07, 6.45) is 1.02. The van der Waals surface area contributed by atoms with Gasteiger partial charge in [0.05, 0.1) is 31.7 Å². The molecule has 0 aliphatic rings. The first-order valence-electron chi connectivity index (χ1n) is 7.17. The van der Waals surface area contributed by atoms with Crippen LogP contribution in [0.2, 0.25) is 0 Å². The van der Waals surface area contributed by atoms with Crippen LogP contribution in [0.5, 0.6) is 11.5 Å². The van der Waals surface area contributed by atoms with Crippen LogP contribution < -0.4 is 14.4 Å². The third kappa shape index (κ3) is 3.34. The van der Waals surface area contributed by atoms with Gasteiger partial charge in [0.1, 0.15) is 23.7 Å². The SMILES string of the molecule is COc1ccc(N(C)C(=O)c2c(C)coc2CC(=O)O)c(OC)c1. The molecule has 128 valence electrons. The minimum Gasteiger partial charge on any atom is -0.497 e. The van der Waals surface area contributed by atoms with Crippen LogP contribution in [-0.4, -0.2) is 38.3 Å². The van der Waals surface area contributed by atoms with E-state index in [1.165, 1.54) is 25.4 Å². The standard InChI is InChI=1S/C17H19NO6/c1-10-9-24-14(8-15(19)20)16(10)17(21)18(2)12-6-5-11(22-3)7-13(12)23-4/h5-7,9H,8H2,1-4H3,(H,19,20). The van der Waals surface area contributed by atoms with E-state index in [0.29, 0.717) is 22.7 Å². The largest absolute Gasteiger partial charge is 0.497 e. The quantitative estimate of drug-likeness (QED) is 0.874. The van der Waals surface area contributed by atoms with Gasteiger partial charge in [-0.25, -0.2) is 0 Å². The zero-order valence-electron chi connectivity index (χ0n) is 14.0. The van der Waals surface area contributed by atoms with Crippen LogP contribution in [0.1, 0.15) is 21.7 Å². The molecule has 1 N–H and O–H groups in total. The number of nitrogens with zero attached hydrogens (tertiary/aromatic N) is 1. The molecule has 1 aromatic carbocycles. The van der Waals surface area contributed by atoms with Crippen molar-refractivity contribution in [3.63, 3.8) is 0 Å². The van der Waals surface area contributed by atoms with E-state index in [0.717, 1.165) is 0 Å². The van der Waals surface area contributed by atoms with Crippen LogP contribution in [0, 0.1) is 6.92 Å². The summed E-state index contributed by atoms with van der Waals surface area (Å²) < 4.78 is 15.7. The van der Waals surface area contributed by atoms with Crippen molar-refractivity contribution in [1.29, 1.82) is 0 Å². The summed E-state index contributed by atoms with van der Waals surface area (Å²) in [5, 5.41) is 8.96. The van der Waals surface area contributed by atoms with Crippen LogP contribution in [0.3, 0.4) is 0 Å². The van der Waals surface area contributed by atoms with E-state index in [2.05, 4.69) is 0 Å². The van der Waals surface area contributed by atoms with Crippen LogP contribution in [0.15, 0.2) is 28.9 Å². The van der Waals surface area contributed by atoms with Gasteiger partial charge in [-0.3, -0.25) is 9.59 Å². The highest BCUT2D eigenvalue weighted by molar-refractivity contribution is 6.08. The number of methoxy groups -OCH3 is 2. The first kappa shape index (κ1) is 17.4. The highest BCUT2D eigenvalue weighted by Gasteiger charge is 2.25. The number of hydrogen-bond acceptors (Lipinski definition) is 5. The lowest BCUT2D eigenvalue weighted by Gasteiger charge is -2.20. The van der Waals surface area contributed by atoms with Gasteiger partial charge in [0, 0.05) is 18.7 Å². The van der Waals surface area contributed by atoms with Crippen molar-refractivity contribution >= 4 is 17.6 Å². The molecule has 2 rings (SSSR count). The Kier molecular flexibility index (Phi) is 5.13. The normalized spacial score (nSPS) is 10.3. The van der Waals surface area contributed by atoms with Crippen molar-refractivity contribution in [1.82, 2.24) is 0 Å². The lowest BCUT2D eigenvalue weighted by Crippen LogP contribution is -2.28. The van der Waals surface area contributed by atoms with Crippen LogP contribution in [-0.2, 0) is 11.2 Å². The van der Waals surface area contributed by atoms with Crippen molar-refractivity contribution in [2.75, 3.05) is 26.2 Å². The predicted octanol–water partition coefficient (Wildman–Crippen LogP) is 2.51. The monoisotopic (exact) mass is 333 g/mol. The maximum Gasteiger partial charge on any atom is 0.311 e. The van der Waals surface area contributed by atoms with Crippen LogP contribution in [0.4, 0.5) is 5.69 Å². The molecule has 0 saturated heterocycles. The van der Waals surface area contributed by atoms with Gasteiger partial charge >= 0.3 is 5.97 Å². The number of anilines is 1. The molecular weight excluding hydrogens is 314 g/mol. The topological polar surface area (TPSA) is 89.2 Å². The number of carbonyl (C=O) groups excluding carboxylic acids is 1. The minimum absolute atomic E-state index is 0.129. The number of carboxylic acids is 1. The van der Waals surface area contributed by atoms with Crippen molar-refractivity contribution in [2.24, 2.45) is 0 Å². The Morgan fingerprint density at radius 2 is 1.96 bits per heavy atom. The summed E-state index contributed by atoms with van der Waals surface area (Å²) in [5.74, 6) is -0.248.